The van der Waals surface area contributed by atoms with E-state index in [4.69, 9.17) is 16.3 Å². The fourth-order valence-corrected chi connectivity index (χ4v) is 4.06. The van der Waals surface area contributed by atoms with Crippen LogP contribution >= 0.6 is 11.6 Å². The number of benzene rings is 1. The van der Waals surface area contributed by atoms with Gasteiger partial charge < -0.3 is 10.1 Å². The molecular weight excluding hydrogens is 364 g/mol. The Bertz CT molecular complexity index is 794. The van der Waals surface area contributed by atoms with Crippen LogP contribution in [0.25, 0.3) is 0 Å². The first-order chi connectivity index (χ1) is 11.2. The van der Waals surface area contributed by atoms with E-state index >= 15 is 0 Å². The van der Waals surface area contributed by atoms with Gasteiger partial charge in [-0.3, -0.25) is 14.9 Å². The van der Waals surface area contributed by atoms with Crippen LogP contribution in [0.15, 0.2) is 18.2 Å². The van der Waals surface area contributed by atoms with Gasteiger partial charge in [-0.05, 0) is 18.6 Å². The molecule has 11 heteroatoms. The molecule has 0 aliphatic carbocycles. The first-order valence-electron chi connectivity index (χ1n) is 6.79. The molecule has 130 valence electrons. The highest BCUT2D eigenvalue weighted by Gasteiger charge is 2.29. The second-order valence-electron chi connectivity index (χ2n) is 5.16. The average Bonchev–Trinajstić information content (AvgIpc) is 2.83. The predicted molar refractivity (Wildman–Crippen MR) is 83.6 cm³/mol. The van der Waals surface area contributed by atoms with Crippen LogP contribution in [0.4, 0.5) is 5.69 Å². The molecule has 1 heterocycles. The van der Waals surface area contributed by atoms with Crippen LogP contribution in [0.1, 0.15) is 16.8 Å². The molecular formula is C13H13ClN2O7S. The molecule has 0 spiro atoms. The number of nitro groups is 1. The number of hydrogen-bond donors (Lipinski definition) is 1. The summed E-state index contributed by atoms with van der Waals surface area (Å²) in [6.07, 6.45) is 0.293. The second-order valence-corrected chi connectivity index (χ2v) is 7.83. The number of nitrogens with one attached hydrogen (secondary N) is 1. The first kappa shape index (κ1) is 18.1. The number of carbonyl (C=O) groups excluding carboxylic acids is 2. The van der Waals surface area contributed by atoms with Crippen molar-refractivity contribution in [2.24, 2.45) is 0 Å². The monoisotopic (exact) mass is 376 g/mol. The minimum Gasteiger partial charge on any atom is -0.452 e. The molecule has 0 saturated carbocycles. The van der Waals surface area contributed by atoms with E-state index in [1.807, 2.05) is 0 Å². The lowest BCUT2D eigenvalue weighted by Crippen LogP contribution is -2.38. The number of carbonyl (C=O) groups is 2. The van der Waals surface area contributed by atoms with E-state index in [9.17, 15) is 28.1 Å². The molecule has 0 aromatic heterocycles. The highest BCUT2D eigenvalue weighted by Crippen LogP contribution is 2.23. The molecule has 1 amide bonds. The third-order valence-electron chi connectivity index (χ3n) is 3.31. The molecule has 1 aliphatic heterocycles. The van der Waals surface area contributed by atoms with Crippen molar-refractivity contribution in [3.8, 4) is 0 Å². The van der Waals surface area contributed by atoms with E-state index < -0.39 is 45.0 Å². The minimum absolute atomic E-state index is 0.00750. The zero-order chi connectivity index (χ0) is 17.9. The Labute approximate surface area is 142 Å². The standard InChI is InChI=1S/C13H13ClN2O7S/c14-8-1-2-11(16(19)20)10(5-8)13(18)23-6-12(17)15-9-3-4-24(21,22)7-9/h1-2,5,9H,3-4,6-7H2,(H,15,17). The van der Waals surface area contributed by atoms with Crippen molar-refractivity contribution in [2.45, 2.75) is 12.5 Å². The molecule has 1 fully saturated rings. The summed E-state index contributed by atoms with van der Waals surface area (Å²) < 4.78 is 27.3. The van der Waals surface area contributed by atoms with E-state index in [1.54, 1.807) is 0 Å². The zero-order valence-corrected chi connectivity index (χ0v) is 13.8. The van der Waals surface area contributed by atoms with Crippen molar-refractivity contribution in [1.82, 2.24) is 5.32 Å². The van der Waals surface area contributed by atoms with Gasteiger partial charge in [-0.25, -0.2) is 13.2 Å². The van der Waals surface area contributed by atoms with Gasteiger partial charge in [-0.2, -0.15) is 0 Å². The zero-order valence-electron chi connectivity index (χ0n) is 12.2. The maximum atomic E-state index is 11.9. The summed E-state index contributed by atoms with van der Waals surface area (Å²) in [5.41, 5.74) is -0.865. The molecule has 24 heavy (non-hydrogen) atoms. The molecule has 1 aromatic rings. The third-order valence-corrected chi connectivity index (χ3v) is 5.31. The van der Waals surface area contributed by atoms with Gasteiger partial charge in [0.1, 0.15) is 5.56 Å². The Hall–Kier alpha value is -2.20. The largest absolute Gasteiger partial charge is 0.452 e. The Morgan fingerprint density at radius 3 is 2.71 bits per heavy atom. The number of halogens is 1. The smallest absolute Gasteiger partial charge is 0.345 e. The lowest BCUT2D eigenvalue weighted by molar-refractivity contribution is -0.385. The van der Waals surface area contributed by atoms with Crippen LogP contribution in [0.2, 0.25) is 5.02 Å². The van der Waals surface area contributed by atoms with Crippen molar-refractivity contribution < 1.29 is 27.7 Å². The van der Waals surface area contributed by atoms with Gasteiger partial charge in [-0.15, -0.1) is 0 Å². The Kier molecular flexibility index (Phi) is 5.40. The molecule has 1 aliphatic rings. The summed E-state index contributed by atoms with van der Waals surface area (Å²) in [6.45, 7) is -0.681. The van der Waals surface area contributed by atoms with Crippen molar-refractivity contribution in [1.29, 1.82) is 0 Å². The maximum Gasteiger partial charge on any atom is 0.345 e. The SMILES string of the molecule is O=C(COC(=O)c1cc(Cl)ccc1[N+](=O)[O-])NC1CCS(=O)(=O)C1. The normalized spacial score (nSPS) is 18.8. The molecule has 1 N–H and O–H groups in total. The number of sulfone groups is 1. The highest BCUT2D eigenvalue weighted by molar-refractivity contribution is 7.91. The van der Waals surface area contributed by atoms with Crippen molar-refractivity contribution >= 4 is 39.0 Å². The van der Waals surface area contributed by atoms with E-state index in [-0.39, 0.29) is 22.1 Å². The van der Waals surface area contributed by atoms with Gasteiger partial charge >= 0.3 is 5.97 Å². The quantitative estimate of drug-likeness (QED) is 0.454. The number of nitro benzene ring substituents is 1. The number of amides is 1. The summed E-state index contributed by atoms with van der Waals surface area (Å²) in [7, 11) is -3.15. The number of esters is 1. The molecule has 1 saturated heterocycles. The molecule has 0 bridgehead atoms. The summed E-state index contributed by atoms with van der Waals surface area (Å²) in [6, 6.07) is 2.86. The van der Waals surface area contributed by atoms with Crippen LogP contribution in [-0.2, 0) is 19.4 Å². The Morgan fingerprint density at radius 2 is 2.12 bits per heavy atom. The molecule has 1 aromatic carbocycles. The summed E-state index contributed by atoms with van der Waals surface area (Å²) in [5.74, 6) is -1.92. The summed E-state index contributed by atoms with van der Waals surface area (Å²) in [4.78, 5) is 33.7. The predicted octanol–water partition coefficient (Wildman–Crippen LogP) is 0.708. The van der Waals surface area contributed by atoms with Crippen molar-refractivity contribution in [3.05, 3.63) is 38.9 Å². The number of hydrogen-bond acceptors (Lipinski definition) is 7. The van der Waals surface area contributed by atoms with Gasteiger partial charge in [0, 0.05) is 17.1 Å². The van der Waals surface area contributed by atoms with Gasteiger partial charge in [0.25, 0.3) is 11.6 Å². The fraction of sp³-hybridized carbons (Fsp3) is 0.385. The van der Waals surface area contributed by atoms with Gasteiger partial charge in [0.15, 0.2) is 16.4 Å². The summed E-state index contributed by atoms with van der Waals surface area (Å²) >= 11 is 5.70. The summed E-state index contributed by atoms with van der Waals surface area (Å²) in [5, 5.41) is 13.4. The molecule has 1 unspecified atom stereocenters. The topological polar surface area (TPSA) is 133 Å². The van der Waals surface area contributed by atoms with Crippen molar-refractivity contribution in [3.63, 3.8) is 0 Å². The van der Waals surface area contributed by atoms with Crippen LogP contribution in [0.3, 0.4) is 0 Å². The van der Waals surface area contributed by atoms with Gasteiger partial charge in [0.05, 0.1) is 16.4 Å². The fourth-order valence-electron chi connectivity index (χ4n) is 2.22. The highest BCUT2D eigenvalue weighted by atomic mass is 35.5. The first-order valence-corrected chi connectivity index (χ1v) is 8.99. The molecule has 9 nitrogen and oxygen atoms in total. The van der Waals surface area contributed by atoms with E-state index in [0.29, 0.717) is 6.42 Å². The van der Waals surface area contributed by atoms with Crippen LogP contribution in [-0.4, -0.2) is 49.4 Å². The Morgan fingerprint density at radius 1 is 1.42 bits per heavy atom. The number of ether oxygens (including phenoxy) is 1. The van der Waals surface area contributed by atoms with Gasteiger partial charge in [-0.1, -0.05) is 11.6 Å². The Balaban J connectivity index is 1.95. The second kappa shape index (κ2) is 7.14. The van der Waals surface area contributed by atoms with Crippen LogP contribution in [0.5, 0.6) is 0 Å². The van der Waals surface area contributed by atoms with Crippen LogP contribution in [0, 0.1) is 10.1 Å². The molecule has 2 rings (SSSR count). The van der Waals surface area contributed by atoms with E-state index in [2.05, 4.69) is 5.32 Å². The molecule has 0 radical (unpaired) electrons. The van der Waals surface area contributed by atoms with E-state index in [0.717, 1.165) is 12.1 Å². The lowest BCUT2D eigenvalue weighted by Gasteiger charge is -2.11. The van der Waals surface area contributed by atoms with Gasteiger partial charge in [0.2, 0.25) is 0 Å². The average molecular weight is 377 g/mol. The van der Waals surface area contributed by atoms with Crippen LogP contribution < -0.4 is 5.32 Å². The van der Waals surface area contributed by atoms with E-state index in [1.165, 1.54) is 6.07 Å². The number of rotatable bonds is 5. The third kappa shape index (κ3) is 4.65. The maximum absolute atomic E-state index is 11.9. The minimum atomic E-state index is -3.15. The van der Waals surface area contributed by atoms with Crippen molar-refractivity contribution in [2.75, 3.05) is 18.1 Å². The lowest BCUT2D eigenvalue weighted by atomic mass is 10.2. The number of nitrogens with zero attached hydrogens (tertiary/aromatic N) is 1. The molecule has 1 atom stereocenters.